The Morgan fingerprint density at radius 2 is 1.88 bits per heavy atom. The maximum atomic E-state index is 12.3. The van der Waals surface area contributed by atoms with Gasteiger partial charge in [-0.15, -0.1) is 0 Å². The number of hydrogen-bond donors (Lipinski definition) is 0. The van der Waals surface area contributed by atoms with Gasteiger partial charge in [-0.3, -0.25) is 0 Å². The monoisotopic (exact) mass is 344 g/mol. The number of nitrogens with zero attached hydrogens (tertiary/aromatic N) is 2. The van der Waals surface area contributed by atoms with Crippen molar-refractivity contribution in [3.05, 3.63) is 46.2 Å². The van der Waals surface area contributed by atoms with E-state index in [2.05, 4.69) is 4.98 Å². The average Bonchev–Trinajstić information content (AvgIpc) is 3.15. The summed E-state index contributed by atoms with van der Waals surface area (Å²) in [5.74, 6) is 0.618. The molecule has 0 saturated heterocycles. The molecule has 1 aliphatic carbocycles. The molecule has 0 atom stereocenters. The van der Waals surface area contributed by atoms with Crippen LogP contribution in [0, 0.1) is 0 Å². The number of ether oxygens (including phenoxy) is 1. The van der Waals surface area contributed by atoms with E-state index in [1.807, 2.05) is 31.2 Å². The standard InChI is InChI=1S/C19H21ClN2O2/c1-3-15-16(19(23)24-2)17(12-6-4-5-7-12)22-18(21-15)13-8-10-14(20)11-9-13/h8-12H,3-7H2,1-2H3. The van der Waals surface area contributed by atoms with Gasteiger partial charge in [0, 0.05) is 16.5 Å². The van der Waals surface area contributed by atoms with Gasteiger partial charge in [0.2, 0.25) is 0 Å². The van der Waals surface area contributed by atoms with E-state index >= 15 is 0 Å². The number of esters is 1. The quantitative estimate of drug-likeness (QED) is 0.747. The van der Waals surface area contributed by atoms with Gasteiger partial charge >= 0.3 is 5.97 Å². The molecule has 4 nitrogen and oxygen atoms in total. The van der Waals surface area contributed by atoms with Crippen molar-refractivity contribution in [2.24, 2.45) is 0 Å². The fourth-order valence-corrected chi connectivity index (χ4v) is 3.46. The van der Waals surface area contributed by atoms with Crippen LogP contribution in [0.2, 0.25) is 5.02 Å². The lowest BCUT2D eigenvalue weighted by Crippen LogP contribution is -2.16. The number of carbonyl (C=O) groups excluding carboxylic acids is 1. The molecule has 0 radical (unpaired) electrons. The van der Waals surface area contributed by atoms with Crippen LogP contribution in [0.25, 0.3) is 11.4 Å². The highest BCUT2D eigenvalue weighted by molar-refractivity contribution is 6.30. The number of aromatic nitrogens is 2. The molecule has 0 unspecified atom stereocenters. The number of carbonyl (C=O) groups is 1. The van der Waals surface area contributed by atoms with Gasteiger partial charge in [0.15, 0.2) is 5.82 Å². The van der Waals surface area contributed by atoms with Gasteiger partial charge in [0.05, 0.1) is 18.5 Å². The highest BCUT2D eigenvalue weighted by atomic mass is 35.5. The zero-order valence-electron chi connectivity index (χ0n) is 14.0. The van der Waals surface area contributed by atoms with E-state index in [0.29, 0.717) is 28.7 Å². The van der Waals surface area contributed by atoms with Crippen molar-refractivity contribution in [1.29, 1.82) is 0 Å². The predicted molar refractivity (Wildman–Crippen MR) is 94.4 cm³/mol. The third kappa shape index (κ3) is 3.29. The third-order valence-electron chi connectivity index (χ3n) is 4.58. The molecule has 1 aromatic heterocycles. The van der Waals surface area contributed by atoms with Crippen LogP contribution < -0.4 is 0 Å². The van der Waals surface area contributed by atoms with Crippen LogP contribution in [-0.4, -0.2) is 23.0 Å². The summed E-state index contributed by atoms with van der Waals surface area (Å²) in [5.41, 5.74) is 3.06. The van der Waals surface area contributed by atoms with Gasteiger partial charge in [0.1, 0.15) is 5.56 Å². The first kappa shape index (κ1) is 16.9. The molecule has 1 aromatic carbocycles. The van der Waals surface area contributed by atoms with E-state index in [1.54, 1.807) is 0 Å². The summed E-state index contributed by atoms with van der Waals surface area (Å²) in [5, 5.41) is 0.677. The van der Waals surface area contributed by atoms with Crippen molar-refractivity contribution >= 4 is 17.6 Å². The van der Waals surface area contributed by atoms with Crippen LogP contribution in [0.15, 0.2) is 24.3 Å². The number of aryl methyl sites for hydroxylation is 1. The molecule has 5 heteroatoms. The largest absolute Gasteiger partial charge is 0.465 e. The van der Waals surface area contributed by atoms with E-state index < -0.39 is 0 Å². The van der Waals surface area contributed by atoms with E-state index in [9.17, 15) is 4.79 Å². The van der Waals surface area contributed by atoms with Gasteiger partial charge in [-0.25, -0.2) is 14.8 Å². The van der Waals surface area contributed by atoms with Crippen molar-refractivity contribution < 1.29 is 9.53 Å². The molecule has 3 rings (SSSR count). The highest BCUT2D eigenvalue weighted by Gasteiger charge is 2.28. The summed E-state index contributed by atoms with van der Waals surface area (Å²) in [7, 11) is 1.41. The number of benzene rings is 1. The Balaban J connectivity index is 2.16. The minimum atomic E-state index is -0.337. The second-order valence-electron chi connectivity index (χ2n) is 6.09. The van der Waals surface area contributed by atoms with Crippen LogP contribution in [0.1, 0.15) is 60.3 Å². The van der Waals surface area contributed by atoms with Crippen molar-refractivity contribution in [3.8, 4) is 11.4 Å². The highest BCUT2D eigenvalue weighted by Crippen LogP contribution is 2.36. The molecule has 0 N–H and O–H groups in total. The summed E-state index contributed by atoms with van der Waals surface area (Å²) in [4.78, 5) is 21.8. The molecule has 0 bridgehead atoms. The Morgan fingerprint density at radius 1 is 1.21 bits per heavy atom. The molecule has 24 heavy (non-hydrogen) atoms. The van der Waals surface area contributed by atoms with Gasteiger partial charge < -0.3 is 4.74 Å². The molecule has 2 aromatic rings. The normalized spacial score (nSPS) is 14.8. The van der Waals surface area contributed by atoms with Gasteiger partial charge in [0.25, 0.3) is 0 Å². The van der Waals surface area contributed by atoms with Crippen LogP contribution in [-0.2, 0) is 11.2 Å². The summed E-state index contributed by atoms with van der Waals surface area (Å²) >= 11 is 5.98. The second kappa shape index (κ2) is 7.31. The first-order chi connectivity index (χ1) is 11.6. The van der Waals surface area contributed by atoms with Crippen LogP contribution in [0.4, 0.5) is 0 Å². The summed E-state index contributed by atoms with van der Waals surface area (Å²) < 4.78 is 5.00. The molecular formula is C19H21ClN2O2. The predicted octanol–water partition coefficient (Wildman–Crippen LogP) is 4.80. The van der Waals surface area contributed by atoms with Crippen molar-refractivity contribution in [2.45, 2.75) is 44.9 Å². The van der Waals surface area contributed by atoms with Gasteiger partial charge in [-0.1, -0.05) is 31.4 Å². The van der Waals surface area contributed by atoms with E-state index in [1.165, 1.54) is 20.0 Å². The third-order valence-corrected chi connectivity index (χ3v) is 4.83. The number of hydrogen-bond acceptors (Lipinski definition) is 4. The maximum absolute atomic E-state index is 12.3. The summed E-state index contributed by atoms with van der Waals surface area (Å²) in [6, 6.07) is 7.48. The molecule has 0 aliphatic heterocycles. The smallest absolute Gasteiger partial charge is 0.341 e. The van der Waals surface area contributed by atoms with E-state index in [0.717, 1.165) is 29.8 Å². The van der Waals surface area contributed by atoms with Crippen LogP contribution in [0.3, 0.4) is 0 Å². The minimum absolute atomic E-state index is 0.304. The summed E-state index contributed by atoms with van der Waals surface area (Å²) in [6.07, 6.45) is 5.13. The Bertz CT molecular complexity index is 738. The zero-order chi connectivity index (χ0) is 17.1. The Labute approximate surface area is 147 Å². The van der Waals surface area contributed by atoms with E-state index in [4.69, 9.17) is 21.3 Å². The Morgan fingerprint density at radius 3 is 2.46 bits per heavy atom. The maximum Gasteiger partial charge on any atom is 0.341 e. The van der Waals surface area contributed by atoms with Crippen molar-refractivity contribution in [1.82, 2.24) is 9.97 Å². The lowest BCUT2D eigenvalue weighted by Gasteiger charge is -2.17. The molecule has 1 heterocycles. The molecule has 0 spiro atoms. The van der Waals surface area contributed by atoms with Gasteiger partial charge in [-0.2, -0.15) is 0 Å². The topological polar surface area (TPSA) is 52.1 Å². The Kier molecular flexibility index (Phi) is 5.14. The lowest BCUT2D eigenvalue weighted by atomic mass is 9.96. The Hall–Kier alpha value is -1.94. The molecule has 126 valence electrons. The van der Waals surface area contributed by atoms with Crippen LogP contribution >= 0.6 is 11.6 Å². The fourth-order valence-electron chi connectivity index (χ4n) is 3.33. The SMILES string of the molecule is CCc1nc(-c2ccc(Cl)cc2)nc(C2CCCC2)c1C(=O)OC. The molecule has 0 amide bonds. The number of halogens is 1. The molecular weight excluding hydrogens is 324 g/mol. The van der Waals surface area contributed by atoms with E-state index in [-0.39, 0.29) is 5.97 Å². The van der Waals surface area contributed by atoms with Crippen molar-refractivity contribution in [2.75, 3.05) is 7.11 Å². The first-order valence-corrected chi connectivity index (χ1v) is 8.77. The minimum Gasteiger partial charge on any atom is -0.465 e. The fraction of sp³-hybridized carbons (Fsp3) is 0.421. The zero-order valence-corrected chi connectivity index (χ0v) is 14.8. The summed E-state index contributed by atoms with van der Waals surface area (Å²) in [6.45, 7) is 2.00. The molecule has 1 fully saturated rings. The second-order valence-corrected chi connectivity index (χ2v) is 6.52. The number of methoxy groups -OCH3 is 1. The molecule has 1 saturated carbocycles. The first-order valence-electron chi connectivity index (χ1n) is 8.39. The van der Waals surface area contributed by atoms with Gasteiger partial charge in [-0.05, 0) is 43.5 Å². The average molecular weight is 345 g/mol. The van der Waals surface area contributed by atoms with Crippen LogP contribution in [0.5, 0.6) is 0 Å². The molecule has 1 aliphatic rings. The van der Waals surface area contributed by atoms with Crippen molar-refractivity contribution in [3.63, 3.8) is 0 Å². The number of rotatable bonds is 4. The lowest BCUT2D eigenvalue weighted by molar-refractivity contribution is 0.0596.